The van der Waals surface area contributed by atoms with Crippen LogP contribution in [0.25, 0.3) is 0 Å². The first-order valence-electron chi connectivity index (χ1n) is 7.53. The third-order valence-electron chi connectivity index (χ3n) is 4.98. The fourth-order valence-corrected chi connectivity index (χ4v) is 3.78. The number of carbonyl (C=O) groups excluding carboxylic acids is 2. The Hall–Kier alpha value is -0.940. The van der Waals surface area contributed by atoms with Gasteiger partial charge < -0.3 is 10.0 Å². The van der Waals surface area contributed by atoms with Crippen molar-refractivity contribution in [3.63, 3.8) is 0 Å². The van der Waals surface area contributed by atoms with Crippen LogP contribution in [-0.2, 0) is 9.59 Å². The van der Waals surface area contributed by atoms with Crippen LogP contribution in [-0.4, -0.2) is 47.7 Å². The molecular formula is C14H23N2O3+. The van der Waals surface area contributed by atoms with E-state index in [-0.39, 0.29) is 29.8 Å². The molecule has 2 atom stereocenters. The Morgan fingerprint density at radius 1 is 1.00 bits per heavy atom. The Balaban J connectivity index is 1.64. The summed E-state index contributed by atoms with van der Waals surface area (Å²) < 4.78 is 0. The summed E-state index contributed by atoms with van der Waals surface area (Å²) in [5.74, 6) is 0.0636. The molecule has 2 saturated heterocycles. The number of nitrogens with zero attached hydrogens (tertiary/aromatic N) is 1. The van der Waals surface area contributed by atoms with Gasteiger partial charge in [-0.2, -0.15) is 0 Å². The van der Waals surface area contributed by atoms with Gasteiger partial charge in [-0.15, -0.1) is 0 Å². The number of aliphatic hydroxyl groups is 1. The lowest BCUT2D eigenvalue weighted by Crippen LogP contribution is -3.14. The zero-order valence-corrected chi connectivity index (χ0v) is 11.3. The third kappa shape index (κ3) is 2.41. The molecule has 2 heterocycles. The molecule has 3 fully saturated rings. The average molecular weight is 267 g/mol. The van der Waals surface area contributed by atoms with E-state index in [0.717, 1.165) is 51.6 Å². The van der Waals surface area contributed by atoms with Gasteiger partial charge in [-0.05, 0) is 12.8 Å². The average Bonchev–Trinajstić information content (AvgIpc) is 2.67. The maximum Gasteiger partial charge on any atom is 0.237 e. The molecule has 2 amide bonds. The molecule has 1 saturated carbocycles. The molecule has 0 aromatic heterocycles. The molecule has 19 heavy (non-hydrogen) atoms. The number of piperidine rings is 1. The standard InChI is InChI=1S/C14H22N2O3/c17-10-5-7-15(8-6-10)9-16-13(18)11-3-1-2-4-12(11)14(16)19/h10-12,17H,1-9H2/p+1/t11-,12+. The number of quaternary nitrogens is 1. The van der Waals surface area contributed by atoms with Crippen LogP contribution in [0.4, 0.5) is 0 Å². The Kier molecular flexibility index (Phi) is 3.58. The lowest BCUT2D eigenvalue weighted by Gasteiger charge is -2.29. The van der Waals surface area contributed by atoms with Crippen molar-refractivity contribution >= 4 is 11.8 Å². The van der Waals surface area contributed by atoms with Gasteiger partial charge in [0.2, 0.25) is 11.8 Å². The zero-order valence-electron chi connectivity index (χ0n) is 11.3. The predicted molar refractivity (Wildman–Crippen MR) is 68.1 cm³/mol. The minimum atomic E-state index is -0.198. The van der Waals surface area contributed by atoms with Crippen molar-refractivity contribution in [3.8, 4) is 0 Å². The van der Waals surface area contributed by atoms with E-state index >= 15 is 0 Å². The third-order valence-corrected chi connectivity index (χ3v) is 4.98. The van der Waals surface area contributed by atoms with E-state index in [4.69, 9.17) is 0 Å². The van der Waals surface area contributed by atoms with E-state index in [2.05, 4.69) is 0 Å². The maximum absolute atomic E-state index is 12.3. The van der Waals surface area contributed by atoms with Gasteiger partial charge in [-0.25, -0.2) is 4.90 Å². The minimum absolute atomic E-state index is 0.0315. The van der Waals surface area contributed by atoms with Gasteiger partial charge in [0.1, 0.15) is 0 Å². The number of hydrogen-bond acceptors (Lipinski definition) is 3. The first-order chi connectivity index (χ1) is 9.16. The predicted octanol–water partition coefficient (Wildman–Crippen LogP) is -0.841. The molecule has 1 aliphatic carbocycles. The molecule has 0 spiro atoms. The SMILES string of the molecule is O=C1[C@H]2CCCC[C@H]2C(=O)N1C[NH+]1CCC(O)CC1. The second-order valence-electron chi connectivity index (χ2n) is 6.24. The number of fused-ring (bicyclic) bond motifs is 1. The summed E-state index contributed by atoms with van der Waals surface area (Å²) in [4.78, 5) is 27.4. The first-order valence-corrected chi connectivity index (χ1v) is 7.53. The van der Waals surface area contributed by atoms with Crippen molar-refractivity contribution in [3.05, 3.63) is 0 Å². The maximum atomic E-state index is 12.3. The van der Waals surface area contributed by atoms with Crippen LogP contribution in [0, 0.1) is 11.8 Å². The van der Waals surface area contributed by atoms with Crippen LogP contribution in [0.5, 0.6) is 0 Å². The van der Waals surface area contributed by atoms with Crippen molar-refractivity contribution in [2.75, 3.05) is 19.8 Å². The smallest absolute Gasteiger partial charge is 0.237 e. The van der Waals surface area contributed by atoms with Crippen molar-refractivity contribution in [1.29, 1.82) is 0 Å². The molecule has 0 aromatic rings. The summed E-state index contributed by atoms with van der Waals surface area (Å²) in [7, 11) is 0. The molecule has 3 aliphatic rings. The topological polar surface area (TPSA) is 62.0 Å². The molecule has 0 radical (unpaired) electrons. The normalized spacial score (nSPS) is 39.5. The summed E-state index contributed by atoms with van der Waals surface area (Å²) in [6.45, 7) is 2.22. The summed E-state index contributed by atoms with van der Waals surface area (Å²) in [6.07, 6.45) is 5.29. The summed E-state index contributed by atoms with van der Waals surface area (Å²) >= 11 is 0. The quantitative estimate of drug-likeness (QED) is 0.641. The second-order valence-corrected chi connectivity index (χ2v) is 6.24. The van der Waals surface area contributed by atoms with E-state index in [1.807, 2.05) is 0 Å². The number of aliphatic hydroxyl groups excluding tert-OH is 1. The van der Waals surface area contributed by atoms with Crippen LogP contribution in [0.2, 0.25) is 0 Å². The van der Waals surface area contributed by atoms with Crippen LogP contribution in [0.1, 0.15) is 38.5 Å². The summed E-state index contributed by atoms with van der Waals surface area (Å²) in [5.41, 5.74) is 0. The van der Waals surface area contributed by atoms with Crippen molar-refractivity contribution in [1.82, 2.24) is 4.90 Å². The lowest BCUT2D eigenvalue weighted by molar-refractivity contribution is -0.913. The molecule has 106 valence electrons. The molecular weight excluding hydrogens is 244 g/mol. The minimum Gasteiger partial charge on any atom is -0.393 e. The van der Waals surface area contributed by atoms with Gasteiger partial charge >= 0.3 is 0 Å². The van der Waals surface area contributed by atoms with Gasteiger partial charge in [0.05, 0.1) is 31.0 Å². The highest BCUT2D eigenvalue weighted by molar-refractivity contribution is 6.05. The zero-order chi connectivity index (χ0) is 13.4. The summed E-state index contributed by atoms with van der Waals surface area (Å²) in [5, 5.41) is 9.50. The van der Waals surface area contributed by atoms with Crippen LogP contribution in [0.15, 0.2) is 0 Å². The number of amides is 2. The second kappa shape index (κ2) is 5.21. The number of imide groups is 1. The number of likely N-dealkylation sites (tertiary alicyclic amines) is 2. The monoisotopic (exact) mass is 267 g/mol. The van der Waals surface area contributed by atoms with Gasteiger partial charge in [-0.3, -0.25) is 9.59 Å². The highest BCUT2D eigenvalue weighted by Gasteiger charge is 2.49. The first kappa shape index (κ1) is 13.1. The Labute approximate surface area is 113 Å². The van der Waals surface area contributed by atoms with Crippen LogP contribution < -0.4 is 4.90 Å². The molecule has 2 aliphatic heterocycles. The molecule has 0 bridgehead atoms. The molecule has 5 nitrogen and oxygen atoms in total. The van der Waals surface area contributed by atoms with E-state index in [1.165, 1.54) is 9.80 Å². The van der Waals surface area contributed by atoms with Gasteiger partial charge in [0.25, 0.3) is 0 Å². The fraction of sp³-hybridized carbons (Fsp3) is 0.857. The van der Waals surface area contributed by atoms with Crippen molar-refractivity contribution in [2.24, 2.45) is 11.8 Å². The fourth-order valence-electron chi connectivity index (χ4n) is 3.78. The number of nitrogens with one attached hydrogen (secondary N) is 1. The van der Waals surface area contributed by atoms with Gasteiger partial charge in [0.15, 0.2) is 6.67 Å². The van der Waals surface area contributed by atoms with Gasteiger partial charge in [0, 0.05) is 12.8 Å². The van der Waals surface area contributed by atoms with Crippen LogP contribution >= 0.6 is 0 Å². The Morgan fingerprint density at radius 2 is 1.53 bits per heavy atom. The van der Waals surface area contributed by atoms with Crippen molar-refractivity contribution in [2.45, 2.75) is 44.6 Å². The molecule has 3 rings (SSSR count). The van der Waals surface area contributed by atoms with Crippen LogP contribution in [0.3, 0.4) is 0 Å². The molecule has 0 unspecified atom stereocenters. The van der Waals surface area contributed by atoms with E-state index in [9.17, 15) is 14.7 Å². The summed E-state index contributed by atoms with van der Waals surface area (Å²) in [6, 6.07) is 0. The van der Waals surface area contributed by atoms with Crippen molar-refractivity contribution < 1.29 is 19.6 Å². The number of hydrogen-bond donors (Lipinski definition) is 2. The molecule has 0 aromatic carbocycles. The molecule has 5 heteroatoms. The van der Waals surface area contributed by atoms with E-state index < -0.39 is 0 Å². The van der Waals surface area contributed by atoms with E-state index in [0.29, 0.717) is 6.67 Å². The Morgan fingerprint density at radius 3 is 2.05 bits per heavy atom. The van der Waals surface area contributed by atoms with Gasteiger partial charge in [-0.1, -0.05) is 12.8 Å². The lowest BCUT2D eigenvalue weighted by atomic mass is 9.81. The number of rotatable bonds is 2. The largest absolute Gasteiger partial charge is 0.393 e. The Bertz CT molecular complexity index is 353. The van der Waals surface area contributed by atoms with E-state index in [1.54, 1.807) is 0 Å². The highest BCUT2D eigenvalue weighted by atomic mass is 16.3. The highest BCUT2D eigenvalue weighted by Crippen LogP contribution is 2.37. The molecule has 2 N–H and O–H groups in total. The number of carbonyl (C=O) groups is 2.